The second-order valence-corrected chi connectivity index (χ2v) is 7.54. The third-order valence-electron chi connectivity index (χ3n) is 6.12. The van der Waals surface area contributed by atoms with E-state index in [-0.39, 0.29) is 16.8 Å². The molecule has 0 spiro atoms. The molecular formula is C17H30O2. The molecular weight excluding hydrogens is 236 g/mol. The highest BCUT2D eigenvalue weighted by Crippen LogP contribution is 2.57. The fourth-order valence-corrected chi connectivity index (χ4v) is 3.19. The minimum atomic E-state index is -0.433. The van der Waals surface area contributed by atoms with Crippen molar-refractivity contribution in [2.45, 2.75) is 73.3 Å². The summed E-state index contributed by atoms with van der Waals surface area (Å²) < 4.78 is 5.88. The van der Waals surface area contributed by atoms with E-state index in [0.717, 1.165) is 12.8 Å². The second kappa shape index (κ2) is 4.96. The lowest BCUT2D eigenvalue weighted by Gasteiger charge is -2.53. The SMILES string of the molecule is C=C(C)C(=O)OC1(C)CCCC(C)C(C)(C)C1(C)C. The van der Waals surface area contributed by atoms with Gasteiger partial charge < -0.3 is 4.74 Å². The minimum Gasteiger partial charge on any atom is -0.455 e. The Morgan fingerprint density at radius 3 is 2.21 bits per heavy atom. The zero-order valence-electron chi connectivity index (χ0n) is 13.7. The molecule has 2 unspecified atom stereocenters. The van der Waals surface area contributed by atoms with E-state index in [1.165, 1.54) is 6.42 Å². The summed E-state index contributed by atoms with van der Waals surface area (Å²) in [4.78, 5) is 12.0. The first kappa shape index (κ1) is 16.3. The van der Waals surface area contributed by atoms with E-state index in [4.69, 9.17) is 4.74 Å². The van der Waals surface area contributed by atoms with Gasteiger partial charge in [-0.25, -0.2) is 4.79 Å². The molecule has 0 N–H and O–H groups in total. The van der Waals surface area contributed by atoms with Crippen molar-refractivity contribution in [2.75, 3.05) is 0 Å². The lowest BCUT2D eigenvalue weighted by atomic mass is 9.55. The Labute approximate surface area is 118 Å². The van der Waals surface area contributed by atoms with Crippen LogP contribution in [0.15, 0.2) is 12.2 Å². The van der Waals surface area contributed by atoms with Gasteiger partial charge in [-0.15, -0.1) is 0 Å². The number of carbonyl (C=O) groups excluding carboxylic acids is 1. The summed E-state index contributed by atoms with van der Waals surface area (Å²) in [6.45, 7) is 18.9. The highest BCUT2D eigenvalue weighted by molar-refractivity contribution is 5.87. The van der Waals surface area contributed by atoms with E-state index in [0.29, 0.717) is 11.5 Å². The lowest BCUT2D eigenvalue weighted by molar-refractivity contribution is -0.182. The molecule has 1 rings (SSSR count). The summed E-state index contributed by atoms with van der Waals surface area (Å²) in [5.41, 5.74) is 0.0819. The molecule has 1 saturated carbocycles. The lowest BCUT2D eigenvalue weighted by Crippen LogP contribution is -2.54. The van der Waals surface area contributed by atoms with E-state index in [2.05, 4.69) is 48.1 Å². The average molecular weight is 266 g/mol. The third kappa shape index (κ3) is 2.59. The third-order valence-corrected chi connectivity index (χ3v) is 6.12. The first-order valence-corrected chi connectivity index (χ1v) is 7.34. The Balaban J connectivity index is 3.17. The quantitative estimate of drug-likeness (QED) is 0.410. The van der Waals surface area contributed by atoms with Crippen LogP contribution in [0.5, 0.6) is 0 Å². The maximum Gasteiger partial charge on any atom is 0.333 e. The molecule has 1 aliphatic rings. The molecule has 0 aromatic heterocycles. The predicted molar refractivity (Wildman–Crippen MR) is 79.9 cm³/mol. The standard InChI is InChI=1S/C17H30O2/c1-12(2)14(18)19-17(8)11-9-10-13(3)15(4,5)16(17,6)7/h13H,1,9-11H2,2-8H3. The Hall–Kier alpha value is -0.790. The molecule has 0 amide bonds. The van der Waals surface area contributed by atoms with Crippen molar-refractivity contribution in [1.82, 2.24) is 0 Å². The number of ether oxygens (including phenoxy) is 1. The molecule has 1 fully saturated rings. The Morgan fingerprint density at radius 2 is 1.74 bits per heavy atom. The van der Waals surface area contributed by atoms with Crippen LogP contribution in [0.2, 0.25) is 0 Å². The van der Waals surface area contributed by atoms with Crippen LogP contribution in [0.3, 0.4) is 0 Å². The number of hydrogen-bond acceptors (Lipinski definition) is 2. The first-order valence-electron chi connectivity index (χ1n) is 7.34. The average Bonchev–Trinajstić information content (AvgIpc) is 2.31. The van der Waals surface area contributed by atoms with Gasteiger partial charge >= 0.3 is 5.97 Å². The molecule has 0 bridgehead atoms. The fraction of sp³-hybridized carbons (Fsp3) is 0.824. The zero-order valence-corrected chi connectivity index (χ0v) is 13.7. The van der Waals surface area contributed by atoms with E-state index >= 15 is 0 Å². The summed E-state index contributed by atoms with van der Waals surface area (Å²) >= 11 is 0. The largest absolute Gasteiger partial charge is 0.455 e. The zero-order chi connectivity index (χ0) is 15.1. The highest BCUT2D eigenvalue weighted by atomic mass is 16.6. The van der Waals surface area contributed by atoms with Gasteiger partial charge in [0.25, 0.3) is 0 Å². The number of rotatable bonds is 2. The molecule has 19 heavy (non-hydrogen) atoms. The highest BCUT2D eigenvalue weighted by Gasteiger charge is 2.56. The van der Waals surface area contributed by atoms with Crippen molar-refractivity contribution in [3.63, 3.8) is 0 Å². The topological polar surface area (TPSA) is 26.3 Å². The summed E-state index contributed by atoms with van der Waals surface area (Å²) in [5, 5.41) is 0. The fourth-order valence-electron chi connectivity index (χ4n) is 3.19. The molecule has 0 saturated heterocycles. The number of hydrogen-bond donors (Lipinski definition) is 0. The Kier molecular flexibility index (Phi) is 4.24. The second-order valence-electron chi connectivity index (χ2n) is 7.54. The molecule has 1 aliphatic carbocycles. The van der Waals surface area contributed by atoms with Crippen LogP contribution in [0.25, 0.3) is 0 Å². The monoisotopic (exact) mass is 266 g/mol. The van der Waals surface area contributed by atoms with Gasteiger partial charge in [0.15, 0.2) is 0 Å². The molecule has 2 atom stereocenters. The Bertz CT molecular complexity index is 379. The van der Waals surface area contributed by atoms with Crippen LogP contribution >= 0.6 is 0 Å². The van der Waals surface area contributed by atoms with Crippen molar-refractivity contribution >= 4 is 5.97 Å². The molecule has 0 radical (unpaired) electrons. The molecule has 0 heterocycles. The molecule has 0 aliphatic heterocycles. The normalized spacial score (nSPS) is 33.3. The van der Waals surface area contributed by atoms with E-state index in [1.54, 1.807) is 6.92 Å². The van der Waals surface area contributed by atoms with Gasteiger partial charge in [-0.1, -0.05) is 47.6 Å². The van der Waals surface area contributed by atoms with E-state index < -0.39 is 5.60 Å². The molecule has 2 heteroatoms. The van der Waals surface area contributed by atoms with Gasteiger partial charge in [0.2, 0.25) is 0 Å². The minimum absolute atomic E-state index is 0.0823. The summed E-state index contributed by atoms with van der Waals surface area (Å²) in [5.74, 6) is 0.355. The molecule has 2 nitrogen and oxygen atoms in total. The van der Waals surface area contributed by atoms with Crippen LogP contribution in [0.4, 0.5) is 0 Å². The maximum absolute atomic E-state index is 12.0. The van der Waals surface area contributed by atoms with Crippen LogP contribution in [0, 0.1) is 16.7 Å². The van der Waals surface area contributed by atoms with Crippen LogP contribution < -0.4 is 0 Å². The van der Waals surface area contributed by atoms with Gasteiger partial charge in [0.05, 0.1) is 0 Å². The van der Waals surface area contributed by atoms with Crippen molar-refractivity contribution in [2.24, 2.45) is 16.7 Å². The predicted octanol–water partition coefficient (Wildman–Crippen LogP) is 4.74. The van der Waals surface area contributed by atoms with Gasteiger partial charge in [-0.3, -0.25) is 0 Å². The van der Waals surface area contributed by atoms with Crippen LogP contribution in [-0.2, 0) is 9.53 Å². The Morgan fingerprint density at radius 1 is 1.21 bits per heavy atom. The van der Waals surface area contributed by atoms with Crippen molar-refractivity contribution in [1.29, 1.82) is 0 Å². The van der Waals surface area contributed by atoms with Crippen LogP contribution in [0.1, 0.15) is 67.7 Å². The van der Waals surface area contributed by atoms with Crippen LogP contribution in [-0.4, -0.2) is 11.6 Å². The number of esters is 1. The summed E-state index contributed by atoms with van der Waals surface area (Å²) in [7, 11) is 0. The van der Waals surface area contributed by atoms with Gasteiger partial charge in [-0.2, -0.15) is 0 Å². The van der Waals surface area contributed by atoms with Gasteiger partial charge in [-0.05, 0) is 38.0 Å². The maximum atomic E-state index is 12.0. The molecule has 110 valence electrons. The molecule has 0 aromatic carbocycles. The first-order chi connectivity index (χ1) is 8.46. The van der Waals surface area contributed by atoms with Crippen molar-refractivity contribution < 1.29 is 9.53 Å². The van der Waals surface area contributed by atoms with Crippen molar-refractivity contribution in [3.8, 4) is 0 Å². The van der Waals surface area contributed by atoms with Crippen molar-refractivity contribution in [3.05, 3.63) is 12.2 Å². The summed E-state index contributed by atoms with van der Waals surface area (Å²) in [6, 6.07) is 0. The summed E-state index contributed by atoms with van der Waals surface area (Å²) in [6.07, 6.45) is 3.22. The van der Waals surface area contributed by atoms with Gasteiger partial charge in [0.1, 0.15) is 5.60 Å². The number of carbonyl (C=O) groups is 1. The van der Waals surface area contributed by atoms with Gasteiger partial charge in [0, 0.05) is 11.0 Å². The smallest absolute Gasteiger partial charge is 0.333 e. The molecule has 0 aromatic rings. The van der Waals surface area contributed by atoms with E-state index in [9.17, 15) is 4.79 Å². The van der Waals surface area contributed by atoms with E-state index in [1.807, 2.05) is 0 Å².